The minimum Gasteiger partial charge on any atom is -0.296 e. The highest BCUT2D eigenvalue weighted by atomic mass is 15.1. The van der Waals surface area contributed by atoms with Crippen LogP contribution >= 0.6 is 0 Å². The molecule has 0 saturated heterocycles. The van der Waals surface area contributed by atoms with Gasteiger partial charge in [-0.1, -0.05) is 154 Å². The molecule has 0 spiro atoms. The van der Waals surface area contributed by atoms with E-state index in [9.17, 15) is 0 Å². The summed E-state index contributed by atoms with van der Waals surface area (Å²) in [5.41, 5.74) is 13.9. The van der Waals surface area contributed by atoms with Crippen molar-refractivity contribution in [2.45, 2.75) is 32.5 Å². The summed E-state index contributed by atoms with van der Waals surface area (Å²) in [4.78, 5) is 4.47. The molecular weight excluding hydrogens is 629 g/mol. The van der Waals surface area contributed by atoms with E-state index in [0.29, 0.717) is 16.7 Å². The van der Waals surface area contributed by atoms with Crippen molar-refractivity contribution in [3.05, 3.63) is 181 Å². The topological polar surface area (TPSA) is 17.8 Å². The van der Waals surface area contributed by atoms with E-state index < -0.39 is 13.2 Å². The van der Waals surface area contributed by atoms with Crippen LogP contribution < -0.4 is 0 Å². The van der Waals surface area contributed by atoms with Crippen LogP contribution in [0.15, 0.2) is 164 Å². The lowest BCUT2D eigenvalue weighted by atomic mass is 9.80. The number of rotatable bonds is 5. The Balaban J connectivity index is 1.05. The van der Waals surface area contributed by atoms with E-state index in [4.69, 9.17) is 6.85 Å². The van der Waals surface area contributed by atoms with Crippen LogP contribution in [0.1, 0.15) is 44.5 Å². The van der Waals surface area contributed by atoms with Gasteiger partial charge in [-0.05, 0) is 108 Å². The lowest BCUT2D eigenvalue weighted by Gasteiger charge is -2.23. The molecule has 1 aromatic heterocycles. The van der Waals surface area contributed by atoms with E-state index in [2.05, 4.69) is 134 Å². The van der Waals surface area contributed by atoms with Gasteiger partial charge in [0.1, 0.15) is 5.82 Å². The Morgan fingerprint density at radius 3 is 1.73 bits per heavy atom. The molecule has 0 aliphatic heterocycles. The summed E-state index contributed by atoms with van der Waals surface area (Å²) in [6.07, 6.45) is -2.66. The first-order valence-corrected chi connectivity index (χ1v) is 17.8. The maximum Gasteiger partial charge on any atom is 0.114 e. The summed E-state index contributed by atoms with van der Waals surface area (Å²) in [6.45, 7) is 1.78. The zero-order valence-electron chi connectivity index (χ0n) is 34.0. The van der Waals surface area contributed by atoms with Crippen LogP contribution in [0.25, 0.3) is 82.8 Å². The Morgan fingerprint density at radius 1 is 0.538 bits per heavy atom. The molecule has 0 amide bonds. The molecule has 1 aliphatic rings. The number of nitrogens with zero attached hydrogens (tertiary/aromatic N) is 2. The van der Waals surface area contributed by atoms with E-state index in [1.54, 1.807) is 10.6 Å². The second kappa shape index (κ2) is 11.6. The van der Waals surface area contributed by atoms with Crippen LogP contribution in [-0.4, -0.2) is 9.55 Å². The third kappa shape index (κ3) is 4.54. The van der Waals surface area contributed by atoms with Crippen LogP contribution in [0.4, 0.5) is 0 Å². The molecule has 0 N–H and O–H groups in total. The summed E-state index contributed by atoms with van der Waals surface area (Å²) in [5, 5.41) is 4.83. The Bertz CT molecular complexity index is 2990. The summed E-state index contributed by atoms with van der Waals surface area (Å²) < 4.78 is 42.5. The zero-order valence-corrected chi connectivity index (χ0v) is 29.0. The minimum absolute atomic E-state index is 0.0954. The van der Waals surface area contributed by atoms with Crippen molar-refractivity contribution in [1.29, 1.82) is 0 Å². The molecule has 52 heavy (non-hydrogen) atoms. The Kier molecular flexibility index (Phi) is 5.75. The maximum absolute atomic E-state index is 8.55. The number of fused-ring (bicyclic) bond motifs is 6. The molecule has 0 atom stereocenters. The fourth-order valence-electron chi connectivity index (χ4n) is 8.61. The number of benzene rings is 8. The van der Waals surface area contributed by atoms with E-state index in [1.807, 2.05) is 42.5 Å². The molecule has 1 heterocycles. The molecule has 0 unspecified atom stereocenters. The second-order valence-corrected chi connectivity index (χ2v) is 14.3. The highest BCUT2D eigenvalue weighted by Gasteiger charge is 2.35. The summed E-state index contributed by atoms with van der Waals surface area (Å²) in [5.74, 6) is -0.142. The van der Waals surface area contributed by atoms with Crippen LogP contribution in [0.5, 0.6) is 0 Å². The van der Waals surface area contributed by atoms with Crippen molar-refractivity contribution in [2.24, 2.45) is 0 Å². The van der Waals surface area contributed by atoms with Gasteiger partial charge in [0.2, 0.25) is 0 Å². The van der Waals surface area contributed by atoms with Crippen LogP contribution in [0.3, 0.4) is 0 Å². The Hall–Kier alpha value is -6.25. The second-order valence-electron chi connectivity index (χ2n) is 14.3. The molecule has 248 valence electrons. The molecule has 2 heteroatoms. The SMILES string of the molecule is [2H]C([2H])([2H])C([2H])([2H])c1nc2ccccc2n1-c1ccc(-c2ccc(-c3c4ccccc4c(-c4ccc5c(c4)C(C)(C)c4ccccc4-5)c4ccccc34)cc2)cc1. The summed E-state index contributed by atoms with van der Waals surface area (Å²) >= 11 is 0. The normalized spacial score (nSPS) is 15.1. The lowest BCUT2D eigenvalue weighted by Crippen LogP contribution is -2.14. The monoisotopic (exact) mass is 671 g/mol. The van der Waals surface area contributed by atoms with Crippen molar-refractivity contribution in [1.82, 2.24) is 9.55 Å². The van der Waals surface area contributed by atoms with Crippen molar-refractivity contribution in [2.75, 3.05) is 0 Å². The van der Waals surface area contributed by atoms with Gasteiger partial charge in [-0.2, -0.15) is 0 Å². The average Bonchev–Trinajstić information content (AvgIpc) is 3.73. The lowest BCUT2D eigenvalue weighted by molar-refractivity contribution is 0.660. The maximum atomic E-state index is 8.55. The molecule has 9 aromatic rings. The van der Waals surface area contributed by atoms with Gasteiger partial charge in [-0.3, -0.25) is 4.57 Å². The first kappa shape index (κ1) is 25.7. The molecular formula is C50H38N2. The van der Waals surface area contributed by atoms with Crippen LogP contribution in [-0.2, 0) is 11.8 Å². The third-order valence-electron chi connectivity index (χ3n) is 11.1. The number of para-hydroxylation sites is 2. The molecule has 0 radical (unpaired) electrons. The Morgan fingerprint density at radius 2 is 1.06 bits per heavy atom. The fraction of sp³-hybridized carbons (Fsp3) is 0.100. The van der Waals surface area contributed by atoms with E-state index in [0.717, 1.165) is 16.7 Å². The molecule has 8 aromatic carbocycles. The largest absolute Gasteiger partial charge is 0.296 e. The molecule has 0 saturated carbocycles. The highest BCUT2D eigenvalue weighted by Crippen LogP contribution is 2.51. The number of imidazole rings is 1. The summed E-state index contributed by atoms with van der Waals surface area (Å²) in [6, 6.07) is 57.0. The molecule has 10 rings (SSSR count). The fourth-order valence-corrected chi connectivity index (χ4v) is 8.61. The van der Waals surface area contributed by atoms with Gasteiger partial charge in [-0.15, -0.1) is 0 Å². The van der Waals surface area contributed by atoms with Crippen LogP contribution in [0.2, 0.25) is 0 Å². The van der Waals surface area contributed by atoms with Crippen molar-refractivity contribution in [3.8, 4) is 50.2 Å². The minimum atomic E-state index is -2.89. The Labute approximate surface area is 311 Å². The quantitative estimate of drug-likeness (QED) is 0.167. The predicted molar refractivity (Wildman–Crippen MR) is 219 cm³/mol. The number of hydrogen-bond donors (Lipinski definition) is 0. The number of hydrogen-bond acceptors (Lipinski definition) is 1. The van der Waals surface area contributed by atoms with Gasteiger partial charge in [0.15, 0.2) is 0 Å². The standard InChI is InChI=1S/C50H38N2/c1-4-47-51-45-19-11-12-20-46(45)52(47)36-28-25-33(26-29-36)32-21-23-34(24-22-32)48-39-14-5-7-16-41(39)49(42-17-8-6-15-40(42)48)35-27-30-38-37-13-9-10-18-43(37)50(2,3)44(38)31-35/h5-31H,4H2,1-3H3/i1D3,4D2. The number of aryl methyl sites for hydroxylation is 1. The molecule has 1 aliphatic carbocycles. The van der Waals surface area contributed by atoms with E-state index in [1.165, 1.54) is 60.5 Å². The van der Waals surface area contributed by atoms with Gasteiger partial charge in [0, 0.05) is 24.3 Å². The average molecular weight is 672 g/mol. The van der Waals surface area contributed by atoms with Gasteiger partial charge < -0.3 is 0 Å². The first-order valence-electron chi connectivity index (χ1n) is 20.3. The van der Waals surface area contributed by atoms with Crippen LogP contribution in [0, 0.1) is 0 Å². The molecule has 0 bridgehead atoms. The number of aromatic nitrogens is 2. The molecule has 0 fully saturated rings. The smallest absolute Gasteiger partial charge is 0.114 e. The molecule has 2 nitrogen and oxygen atoms in total. The third-order valence-corrected chi connectivity index (χ3v) is 11.1. The van der Waals surface area contributed by atoms with E-state index >= 15 is 0 Å². The van der Waals surface area contributed by atoms with Gasteiger partial charge in [0.05, 0.1) is 11.0 Å². The predicted octanol–water partition coefficient (Wildman–Crippen LogP) is 13.2. The van der Waals surface area contributed by atoms with E-state index in [-0.39, 0.29) is 11.2 Å². The van der Waals surface area contributed by atoms with Crippen molar-refractivity contribution in [3.63, 3.8) is 0 Å². The van der Waals surface area contributed by atoms with Crippen molar-refractivity contribution < 1.29 is 6.85 Å². The van der Waals surface area contributed by atoms with Gasteiger partial charge in [0.25, 0.3) is 0 Å². The van der Waals surface area contributed by atoms with Gasteiger partial charge >= 0.3 is 0 Å². The zero-order chi connectivity index (χ0) is 39.3. The van der Waals surface area contributed by atoms with Crippen molar-refractivity contribution >= 4 is 32.6 Å². The van der Waals surface area contributed by atoms with Gasteiger partial charge in [-0.25, -0.2) is 4.98 Å². The summed E-state index contributed by atoms with van der Waals surface area (Å²) in [7, 11) is 0. The first-order chi connectivity index (χ1) is 27.4. The highest BCUT2D eigenvalue weighted by molar-refractivity contribution is 6.21.